The molecule has 2 atom stereocenters. The molecule has 2 aliphatic rings. The van der Waals surface area contributed by atoms with Crippen molar-refractivity contribution >= 4 is 28.4 Å². The predicted molar refractivity (Wildman–Crippen MR) is 118 cm³/mol. The summed E-state index contributed by atoms with van der Waals surface area (Å²) in [4.78, 5) is 31.7. The van der Waals surface area contributed by atoms with Crippen molar-refractivity contribution in [2.45, 2.75) is 64.3 Å². The highest BCUT2D eigenvalue weighted by molar-refractivity contribution is 6.31. The van der Waals surface area contributed by atoms with E-state index in [2.05, 4.69) is 4.98 Å². The second-order valence-corrected chi connectivity index (χ2v) is 10.0. The molecule has 1 aliphatic heterocycles. The lowest BCUT2D eigenvalue weighted by Crippen LogP contribution is -2.62. The van der Waals surface area contributed by atoms with Gasteiger partial charge in [-0.25, -0.2) is 4.98 Å². The van der Waals surface area contributed by atoms with E-state index in [9.17, 15) is 22.8 Å². The van der Waals surface area contributed by atoms with Gasteiger partial charge >= 0.3 is 6.18 Å². The third-order valence-electron chi connectivity index (χ3n) is 7.25. The summed E-state index contributed by atoms with van der Waals surface area (Å²) in [6.07, 6.45) is -0.681. The van der Waals surface area contributed by atoms with Gasteiger partial charge in [0.25, 0.3) is 5.56 Å². The lowest BCUT2D eigenvalue weighted by Gasteiger charge is -2.53. The van der Waals surface area contributed by atoms with Crippen LogP contribution in [0.4, 0.5) is 13.2 Å². The fourth-order valence-corrected chi connectivity index (χ4v) is 5.53. The van der Waals surface area contributed by atoms with Crippen molar-refractivity contribution in [1.29, 1.82) is 0 Å². The van der Waals surface area contributed by atoms with Crippen LogP contribution < -0.4 is 5.56 Å². The average Bonchev–Trinajstić information content (AvgIpc) is 3.20. The highest BCUT2D eigenvalue weighted by Crippen LogP contribution is 2.51. The Morgan fingerprint density at radius 2 is 2.00 bits per heavy atom. The van der Waals surface area contributed by atoms with E-state index in [0.717, 1.165) is 25.7 Å². The summed E-state index contributed by atoms with van der Waals surface area (Å²) >= 11 is 6.00. The number of hydrogen-bond donors (Lipinski definition) is 0. The molecule has 1 unspecified atom stereocenters. The Hall–Kier alpha value is -2.13. The molecular formula is C23H27ClF3N3O3. The molecule has 33 heavy (non-hydrogen) atoms. The molecule has 0 bridgehead atoms. The molecule has 0 N–H and O–H groups in total. The predicted octanol–water partition coefficient (Wildman–Crippen LogP) is 4.77. The zero-order valence-corrected chi connectivity index (χ0v) is 19.4. The molecule has 0 radical (unpaired) electrons. The van der Waals surface area contributed by atoms with Gasteiger partial charge in [0.1, 0.15) is 6.73 Å². The van der Waals surface area contributed by atoms with E-state index in [4.69, 9.17) is 16.3 Å². The van der Waals surface area contributed by atoms with Gasteiger partial charge in [-0.2, -0.15) is 13.2 Å². The van der Waals surface area contributed by atoms with Gasteiger partial charge < -0.3 is 9.64 Å². The van der Waals surface area contributed by atoms with Crippen molar-refractivity contribution in [3.8, 4) is 0 Å². The summed E-state index contributed by atoms with van der Waals surface area (Å²) in [6, 6.07) is 4.91. The number of ether oxygens (including phenoxy) is 1. The van der Waals surface area contributed by atoms with E-state index in [-0.39, 0.29) is 18.8 Å². The molecule has 2 heterocycles. The van der Waals surface area contributed by atoms with Crippen molar-refractivity contribution in [2.75, 3.05) is 13.3 Å². The van der Waals surface area contributed by atoms with Gasteiger partial charge in [-0.15, -0.1) is 0 Å². The third kappa shape index (κ3) is 4.62. The van der Waals surface area contributed by atoms with Gasteiger partial charge in [0.15, 0.2) is 0 Å². The summed E-state index contributed by atoms with van der Waals surface area (Å²) in [5.41, 5.74) is -0.941. The van der Waals surface area contributed by atoms with Crippen molar-refractivity contribution in [3.05, 3.63) is 39.9 Å². The first-order valence-electron chi connectivity index (χ1n) is 11.1. The van der Waals surface area contributed by atoms with E-state index >= 15 is 0 Å². The summed E-state index contributed by atoms with van der Waals surface area (Å²) in [6.45, 7) is 3.67. The minimum absolute atomic E-state index is 0.106. The maximum absolute atomic E-state index is 13.1. The molecule has 10 heteroatoms. The molecule has 1 aromatic heterocycles. The van der Waals surface area contributed by atoms with E-state index in [1.165, 1.54) is 22.7 Å². The SMILES string of the molecule is C[C@H](CC(F)(F)F)C(=O)N1COC(C)(Cn2cnc3cc(Cl)ccc3c2=O)C2(CCCC2)C1. The Balaban J connectivity index is 1.60. The fourth-order valence-electron chi connectivity index (χ4n) is 5.36. The van der Waals surface area contributed by atoms with Gasteiger partial charge in [0.05, 0.1) is 35.8 Å². The lowest BCUT2D eigenvalue weighted by atomic mass is 9.69. The summed E-state index contributed by atoms with van der Waals surface area (Å²) in [7, 11) is 0. The van der Waals surface area contributed by atoms with Crippen LogP contribution in [0, 0.1) is 11.3 Å². The number of halogens is 4. The molecule has 1 saturated heterocycles. The van der Waals surface area contributed by atoms with Crippen LogP contribution in [0.2, 0.25) is 5.02 Å². The standard InChI is InChI=1S/C23H27ClF3N3O3/c1-15(10-23(25,26)27)19(31)30-12-22(7-3-4-8-22)21(2,33-14-30)11-29-13-28-18-9-16(24)5-6-17(18)20(29)32/h5-6,9,13,15H,3-4,7-8,10-12,14H2,1-2H3/t15-,21?/m1/s1. The van der Waals surface area contributed by atoms with Crippen molar-refractivity contribution in [1.82, 2.24) is 14.5 Å². The highest BCUT2D eigenvalue weighted by Gasteiger charge is 2.55. The second kappa shape index (κ2) is 8.58. The van der Waals surface area contributed by atoms with Crippen LogP contribution in [0.25, 0.3) is 10.9 Å². The van der Waals surface area contributed by atoms with E-state index in [1.807, 2.05) is 6.92 Å². The van der Waals surface area contributed by atoms with E-state index < -0.39 is 35.4 Å². The highest BCUT2D eigenvalue weighted by atomic mass is 35.5. The topological polar surface area (TPSA) is 64.4 Å². The first kappa shape index (κ1) is 24.0. The molecule has 1 spiro atoms. The molecule has 1 saturated carbocycles. The monoisotopic (exact) mass is 485 g/mol. The largest absolute Gasteiger partial charge is 0.389 e. The number of rotatable bonds is 4. The van der Waals surface area contributed by atoms with Gasteiger partial charge in [-0.1, -0.05) is 31.4 Å². The average molecular weight is 486 g/mol. The Bertz CT molecular complexity index is 1110. The van der Waals surface area contributed by atoms with E-state index in [1.54, 1.807) is 18.2 Å². The first-order chi connectivity index (χ1) is 15.4. The van der Waals surface area contributed by atoms with Crippen LogP contribution in [0.15, 0.2) is 29.3 Å². The van der Waals surface area contributed by atoms with Gasteiger partial charge in [-0.05, 0) is 38.0 Å². The van der Waals surface area contributed by atoms with Crippen LogP contribution in [-0.2, 0) is 16.1 Å². The minimum atomic E-state index is -4.40. The Kier molecular flexibility index (Phi) is 6.24. The second-order valence-electron chi connectivity index (χ2n) is 9.59. The van der Waals surface area contributed by atoms with Crippen LogP contribution in [0.5, 0.6) is 0 Å². The molecule has 1 amide bonds. The number of amides is 1. The summed E-state index contributed by atoms with van der Waals surface area (Å²) in [5.74, 6) is -1.72. The Morgan fingerprint density at radius 1 is 1.30 bits per heavy atom. The number of alkyl halides is 3. The fraction of sp³-hybridized carbons (Fsp3) is 0.609. The number of benzene rings is 1. The summed E-state index contributed by atoms with van der Waals surface area (Å²) < 4.78 is 46.2. The number of fused-ring (bicyclic) bond motifs is 1. The molecule has 4 rings (SSSR count). The smallest absolute Gasteiger partial charge is 0.352 e. The maximum Gasteiger partial charge on any atom is 0.389 e. The molecule has 180 valence electrons. The molecule has 1 aromatic carbocycles. The molecular weight excluding hydrogens is 459 g/mol. The van der Waals surface area contributed by atoms with Crippen LogP contribution in [0.3, 0.4) is 0 Å². The van der Waals surface area contributed by atoms with Crippen LogP contribution >= 0.6 is 11.6 Å². The number of carbonyl (C=O) groups excluding carboxylic acids is 1. The quantitative estimate of drug-likeness (QED) is 0.625. The van der Waals surface area contributed by atoms with Gasteiger partial charge in [0.2, 0.25) is 5.91 Å². The molecule has 6 nitrogen and oxygen atoms in total. The normalized spacial score (nSPS) is 23.9. The van der Waals surface area contributed by atoms with Crippen molar-refractivity contribution in [3.63, 3.8) is 0 Å². The van der Waals surface area contributed by atoms with Crippen molar-refractivity contribution < 1.29 is 22.7 Å². The van der Waals surface area contributed by atoms with Gasteiger partial charge in [-0.3, -0.25) is 14.2 Å². The number of carbonyl (C=O) groups is 1. The summed E-state index contributed by atoms with van der Waals surface area (Å²) in [5, 5.41) is 0.934. The first-order valence-corrected chi connectivity index (χ1v) is 11.5. The number of aromatic nitrogens is 2. The molecule has 1 aliphatic carbocycles. The van der Waals surface area contributed by atoms with E-state index in [0.29, 0.717) is 22.5 Å². The maximum atomic E-state index is 13.1. The zero-order valence-electron chi connectivity index (χ0n) is 18.6. The van der Waals surface area contributed by atoms with Crippen molar-refractivity contribution in [2.24, 2.45) is 11.3 Å². The molecule has 2 fully saturated rings. The van der Waals surface area contributed by atoms with Gasteiger partial charge in [0, 0.05) is 22.9 Å². The Morgan fingerprint density at radius 3 is 2.67 bits per heavy atom. The number of hydrogen-bond acceptors (Lipinski definition) is 4. The third-order valence-corrected chi connectivity index (χ3v) is 7.48. The zero-order chi connectivity index (χ0) is 24.0. The molecule has 2 aromatic rings. The van der Waals surface area contributed by atoms with Crippen LogP contribution in [0.1, 0.15) is 46.0 Å². The van der Waals surface area contributed by atoms with Crippen LogP contribution in [-0.4, -0.2) is 45.4 Å². The Labute approximate surface area is 194 Å². The lowest BCUT2D eigenvalue weighted by molar-refractivity contribution is -0.219. The number of nitrogens with zero attached hydrogens (tertiary/aromatic N) is 3. The minimum Gasteiger partial charge on any atom is -0.352 e.